The van der Waals surface area contributed by atoms with Crippen molar-refractivity contribution in [2.24, 2.45) is 0 Å². The number of carbonyl (C=O) groups excluding carboxylic acids is 1. The molecule has 0 saturated heterocycles. The molecule has 0 atom stereocenters. The van der Waals surface area contributed by atoms with E-state index in [1.165, 1.54) is 5.56 Å². The number of ether oxygens (including phenoxy) is 1. The first-order valence-electron chi connectivity index (χ1n) is 7.71. The first-order chi connectivity index (χ1) is 11.1. The van der Waals surface area contributed by atoms with Crippen LogP contribution in [0.3, 0.4) is 0 Å². The normalized spacial score (nSPS) is 10.6. The number of nitrogens with one attached hydrogen (secondary N) is 1. The summed E-state index contributed by atoms with van der Waals surface area (Å²) in [6.45, 7) is 3.63. The molecular weight excluding hydrogens is 288 g/mol. The molecule has 1 N–H and O–H groups in total. The third kappa shape index (κ3) is 5.42. The molecule has 0 aliphatic carbocycles. The molecule has 1 amide bonds. The molecule has 0 heterocycles. The Balaban J connectivity index is 1.85. The maximum atomic E-state index is 12.1. The van der Waals surface area contributed by atoms with Gasteiger partial charge in [-0.2, -0.15) is 0 Å². The van der Waals surface area contributed by atoms with Gasteiger partial charge in [-0.3, -0.25) is 9.69 Å². The van der Waals surface area contributed by atoms with Gasteiger partial charge in [-0.1, -0.05) is 48.0 Å². The first kappa shape index (κ1) is 17.0. The number of methoxy groups -OCH3 is 1. The van der Waals surface area contributed by atoms with Gasteiger partial charge < -0.3 is 10.1 Å². The number of amides is 1. The van der Waals surface area contributed by atoms with Crippen LogP contribution >= 0.6 is 0 Å². The number of benzene rings is 2. The van der Waals surface area contributed by atoms with Gasteiger partial charge in [0.1, 0.15) is 5.75 Å². The maximum absolute atomic E-state index is 12.1. The molecule has 4 nitrogen and oxygen atoms in total. The Kier molecular flexibility index (Phi) is 6.18. The lowest BCUT2D eigenvalue weighted by Gasteiger charge is -2.18. The Morgan fingerprint density at radius 2 is 1.91 bits per heavy atom. The number of carbonyl (C=O) groups is 1. The fourth-order valence-corrected chi connectivity index (χ4v) is 2.48. The average Bonchev–Trinajstić information content (AvgIpc) is 2.54. The maximum Gasteiger partial charge on any atom is 0.234 e. The lowest BCUT2D eigenvalue weighted by molar-refractivity contribution is -0.122. The van der Waals surface area contributed by atoms with Crippen LogP contribution in [-0.2, 0) is 17.9 Å². The molecule has 0 saturated carbocycles. The smallest absolute Gasteiger partial charge is 0.234 e. The summed E-state index contributed by atoms with van der Waals surface area (Å²) < 4.78 is 5.38. The van der Waals surface area contributed by atoms with E-state index in [-0.39, 0.29) is 5.91 Å². The van der Waals surface area contributed by atoms with Crippen molar-refractivity contribution in [3.05, 3.63) is 65.2 Å². The van der Waals surface area contributed by atoms with Gasteiger partial charge in [0.2, 0.25) is 5.91 Å². The largest absolute Gasteiger partial charge is 0.496 e. The van der Waals surface area contributed by atoms with E-state index in [0.29, 0.717) is 19.6 Å². The Labute approximate surface area is 138 Å². The Morgan fingerprint density at radius 1 is 1.17 bits per heavy atom. The highest BCUT2D eigenvalue weighted by Gasteiger charge is 2.10. The standard InChI is InChI=1S/C19H24N2O2/c1-15-9-10-18(23-3)17(11-15)13-21(2)14-19(22)20-12-16-7-5-4-6-8-16/h4-11H,12-14H2,1-3H3,(H,20,22). The van der Waals surface area contributed by atoms with Crippen LogP contribution in [0.4, 0.5) is 0 Å². The molecule has 0 aliphatic rings. The van der Waals surface area contributed by atoms with Crippen molar-refractivity contribution < 1.29 is 9.53 Å². The molecule has 23 heavy (non-hydrogen) atoms. The van der Waals surface area contributed by atoms with Crippen molar-refractivity contribution in [3.63, 3.8) is 0 Å². The van der Waals surface area contributed by atoms with Crippen LogP contribution in [-0.4, -0.2) is 31.5 Å². The summed E-state index contributed by atoms with van der Waals surface area (Å²) in [6.07, 6.45) is 0. The minimum absolute atomic E-state index is 0.0166. The van der Waals surface area contributed by atoms with Gasteiger partial charge in [-0.05, 0) is 25.6 Å². The molecule has 0 aliphatic heterocycles. The average molecular weight is 312 g/mol. The number of hydrogen-bond acceptors (Lipinski definition) is 3. The number of aryl methyl sites for hydroxylation is 1. The molecule has 2 rings (SSSR count). The highest BCUT2D eigenvalue weighted by Crippen LogP contribution is 2.20. The molecule has 0 radical (unpaired) electrons. The monoisotopic (exact) mass is 312 g/mol. The summed E-state index contributed by atoms with van der Waals surface area (Å²) in [5, 5.41) is 2.94. The summed E-state index contributed by atoms with van der Waals surface area (Å²) >= 11 is 0. The summed E-state index contributed by atoms with van der Waals surface area (Å²) in [6, 6.07) is 16.0. The fraction of sp³-hybridized carbons (Fsp3) is 0.316. The van der Waals surface area contributed by atoms with E-state index in [0.717, 1.165) is 16.9 Å². The van der Waals surface area contributed by atoms with Crippen molar-refractivity contribution in [2.75, 3.05) is 20.7 Å². The number of likely N-dealkylation sites (N-methyl/N-ethyl adjacent to an activating group) is 1. The lowest BCUT2D eigenvalue weighted by atomic mass is 10.1. The number of nitrogens with zero attached hydrogens (tertiary/aromatic N) is 1. The van der Waals surface area contributed by atoms with Crippen LogP contribution in [0.15, 0.2) is 48.5 Å². The predicted octanol–water partition coefficient (Wildman–Crippen LogP) is 2.75. The van der Waals surface area contributed by atoms with Crippen LogP contribution in [0, 0.1) is 6.92 Å². The van der Waals surface area contributed by atoms with E-state index < -0.39 is 0 Å². The van der Waals surface area contributed by atoms with Crippen molar-refractivity contribution in [3.8, 4) is 5.75 Å². The van der Waals surface area contributed by atoms with E-state index >= 15 is 0 Å². The zero-order valence-electron chi connectivity index (χ0n) is 14.0. The molecule has 122 valence electrons. The highest BCUT2D eigenvalue weighted by molar-refractivity contribution is 5.77. The van der Waals surface area contributed by atoms with Crippen LogP contribution in [0.25, 0.3) is 0 Å². The summed E-state index contributed by atoms with van der Waals surface area (Å²) in [5.74, 6) is 0.870. The molecule has 0 bridgehead atoms. The molecule has 0 fully saturated rings. The molecule has 4 heteroatoms. The lowest BCUT2D eigenvalue weighted by Crippen LogP contribution is -2.34. The van der Waals surface area contributed by atoms with E-state index in [4.69, 9.17) is 4.74 Å². The van der Waals surface area contributed by atoms with E-state index in [1.54, 1.807) is 7.11 Å². The first-order valence-corrected chi connectivity index (χ1v) is 7.71. The Morgan fingerprint density at radius 3 is 2.61 bits per heavy atom. The number of hydrogen-bond donors (Lipinski definition) is 1. The third-order valence-electron chi connectivity index (χ3n) is 3.62. The van der Waals surface area contributed by atoms with E-state index in [2.05, 4.69) is 18.3 Å². The van der Waals surface area contributed by atoms with Crippen molar-refractivity contribution >= 4 is 5.91 Å². The fourth-order valence-electron chi connectivity index (χ4n) is 2.48. The third-order valence-corrected chi connectivity index (χ3v) is 3.62. The van der Waals surface area contributed by atoms with Gasteiger partial charge in [0, 0.05) is 18.7 Å². The topological polar surface area (TPSA) is 41.6 Å². The minimum atomic E-state index is 0.0166. The van der Waals surface area contributed by atoms with Crippen molar-refractivity contribution in [1.82, 2.24) is 10.2 Å². The SMILES string of the molecule is COc1ccc(C)cc1CN(C)CC(=O)NCc1ccccc1. The molecule has 0 unspecified atom stereocenters. The van der Waals surface area contributed by atoms with Crippen LogP contribution in [0.5, 0.6) is 5.75 Å². The van der Waals surface area contributed by atoms with Gasteiger partial charge >= 0.3 is 0 Å². The second kappa shape index (κ2) is 8.34. The summed E-state index contributed by atoms with van der Waals surface area (Å²) in [7, 11) is 3.60. The van der Waals surface area contributed by atoms with Crippen molar-refractivity contribution in [2.45, 2.75) is 20.0 Å². The van der Waals surface area contributed by atoms with Gasteiger partial charge in [-0.25, -0.2) is 0 Å². The molecule has 2 aromatic rings. The molecule has 0 spiro atoms. The summed E-state index contributed by atoms with van der Waals surface area (Å²) in [4.78, 5) is 14.0. The van der Waals surface area contributed by atoms with Gasteiger partial charge in [-0.15, -0.1) is 0 Å². The van der Waals surface area contributed by atoms with Crippen molar-refractivity contribution in [1.29, 1.82) is 0 Å². The van der Waals surface area contributed by atoms with E-state index in [9.17, 15) is 4.79 Å². The van der Waals surface area contributed by atoms with Crippen LogP contribution in [0.2, 0.25) is 0 Å². The Bertz CT molecular complexity index is 641. The second-order valence-corrected chi connectivity index (χ2v) is 5.75. The zero-order chi connectivity index (χ0) is 16.7. The minimum Gasteiger partial charge on any atom is -0.496 e. The van der Waals surface area contributed by atoms with Gasteiger partial charge in [0.25, 0.3) is 0 Å². The molecular formula is C19H24N2O2. The van der Waals surface area contributed by atoms with Gasteiger partial charge in [0.05, 0.1) is 13.7 Å². The van der Waals surface area contributed by atoms with Gasteiger partial charge in [0.15, 0.2) is 0 Å². The number of rotatable bonds is 7. The van der Waals surface area contributed by atoms with Crippen LogP contribution < -0.4 is 10.1 Å². The zero-order valence-corrected chi connectivity index (χ0v) is 14.0. The highest BCUT2D eigenvalue weighted by atomic mass is 16.5. The van der Waals surface area contributed by atoms with Crippen LogP contribution in [0.1, 0.15) is 16.7 Å². The summed E-state index contributed by atoms with van der Waals surface area (Å²) in [5.41, 5.74) is 3.37. The Hall–Kier alpha value is -2.33. The molecule has 2 aromatic carbocycles. The van der Waals surface area contributed by atoms with E-state index in [1.807, 2.05) is 54.4 Å². The second-order valence-electron chi connectivity index (χ2n) is 5.75. The molecule has 0 aromatic heterocycles. The quantitative estimate of drug-likeness (QED) is 0.855. The predicted molar refractivity (Wildman–Crippen MR) is 92.4 cm³/mol.